The minimum Gasteiger partial charge on any atom is -0.481 e. The highest BCUT2D eigenvalue weighted by atomic mass is 32.2. The number of primary amides is 2. The summed E-state index contributed by atoms with van der Waals surface area (Å²) in [5, 5.41) is 92.3. The normalized spacial score (nSPS) is 18.2. The van der Waals surface area contributed by atoms with Crippen LogP contribution in [0.25, 0.3) is 0 Å². The molecule has 5 rings (SSSR count). The maximum Gasteiger partial charge on any atom is 0.317 e. The Morgan fingerprint density at radius 1 is 0.488 bits per heavy atom. The van der Waals surface area contributed by atoms with E-state index in [1.807, 2.05) is 11.8 Å². The fourth-order valence-corrected chi connectivity index (χ4v) is 16.1. The average Bonchev–Trinajstić information content (AvgIpc) is 1.68. The number of thioether (sulfide) groups is 2. The van der Waals surface area contributed by atoms with Gasteiger partial charge >= 0.3 is 29.8 Å². The minimum absolute atomic E-state index is 0.00238. The van der Waals surface area contributed by atoms with Gasteiger partial charge in [-0.1, -0.05) is 50.1 Å². The quantitative estimate of drug-likeness (QED) is 0.0164. The van der Waals surface area contributed by atoms with Crippen molar-refractivity contribution in [2.45, 2.75) is 177 Å². The summed E-state index contributed by atoms with van der Waals surface area (Å²) < 4.78 is 16.9. The number of carbonyl (C=O) groups is 18. The van der Waals surface area contributed by atoms with Crippen molar-refractivity contribution < 1.29 is 136 Å². The number of carboxylic acid groups (broad SMARTS) is 5. The maximum absolute atomic E-state index is 15.2. The number of hydrogen-bond donors (Lipinski definition) is 18. The van der Waals surface area contributed by atoms with Crippen molar-refractivity contribution in [2.24, 2.45) is 11.5 Å². The van der Waals surface area contributed by atoms with Crippen molar-refractivity contribution in [3.63, 3.8) is 0 Å². The van der Waals surface area contributed by atoms with E-state index in [1.54, 1.807) is 45.0 Å². The lowest BCUT2D eigenvalue weighted by molar-refractivity contribution is -0.147. The molecule has 47 heteroatoms. The standard InChI is InChI=1S/C78H121N17O28S2/c1-3-4-14-50(83-59(98)19-18-58(97)81-21-10-33-121-35-37-123-38-36-122-34-11-22-82-61(100)42-90-25-27-91(43-64(105)106)29-31-93(45-66(109)110)32-30-92(28-26-90)44-65(107)108)71(113)88-55(77(119)95-24-9-16-57(95)78(120)94-23-8-15-56(94)70(80)112)47-125-68-67(75(117)89-76(68)118)124-46-54(74(116)85-52(69(79)111)41-63(103)104)87-73(115)53(40-49-12-6-5-7-13-49)86-72(114)51(17-20-62(101)102)84-60(99)39-48(2)96/h5-7,12-13,48,50-57,71,88,96,113H,3-4,8-11,14-47H2,1-2H3,(H2,79,111)(H2,80,112)(H,81,97)(H,82,100)(H,83,98)(H,84,99)(H,85,116)(H,86,114)(H,87,115)(H,101,102)(H,103,104)(H,105,106)(H,107,108)(H,109,110)(H,89,117,118)/t48-,50+,51+,52+,53+,54+,55+,56+,57+,71?/m1/s1. The van der Waals surface area contributed by atoms with E-state index in [0.29, 0.717) is 93.9 Å². The zero-order chi connectivity index (χ0) is 92.1. The molecular formula is C78H121N17O28S2. The van der Waals surface area contributed by atoms with Crippen molar-refractivity contribution in [3.8, 4) is 0 Å². The fourth-order valence-electron chi connectivity index (χ4n) is 13.8. The second-order valence-corrected chi connectivity index (χ2v) is 32.4. The van der Waals surface area contributed by atoms with Gasteiger partial charge < -0.3 is 108 Å². The number of benzene rings is 1. The lowest BCUT2D eigenvalue weighted by Crippen LogP contribution is -2.59. The molecule has 45 nitrogen and oxygen atoms in total. The Hall–Kier alpha value is -10.1. The molecule has 1 aromatic carbocycles. The monoisotopic (exact) mass is 1810 g/mol. The summed E-state index contributed by atoms with van der Waals surface area (Å²) in [6, 6.07) is -3.91. The number of aliphatic hydroxyl groups is 2. The molecule has 13 amide bonds. The Morgan fingerprint density at radius 2 is 0.960 bits per heavy atom. The molecule has 0 aliphatic carbocycles. The van der Waals surface area contributed by atoms with Crippen LogP contribution in [0.4, 0.5) is 0 Å². The SMILES string of the molecule is CCCC[C@H](NC(=O)CCC(=O)NCCCOCCOCCOCCCNC(=O)CN1CCN(CC(=O)O)CCN(CC(=O)O)CCN(CC(=O)O)CC1)C(O)N[C@@H](CSC1=C(SC[C@H](NC(=O)[C@H](Cc2ccccc2)NC(=O)[C@H](CCC(=O)O)NC(=O)C[C@@H](C)O)C(=O)N[C@@H](CC(=O)O)C(N)=O)C(=O)NC1=O)C(=O)N1CCC[C@H]1C(=O)N1CCC[C@H]1C(N)=O. The van der Waals surface area contributed by atoms with Crippen LogP contribution in [0.2, 0.25) is 0 Å². The average molecular weight is 1810 g/mol. The highest BCUT2D eigenvalue weighted by Gasteiger charge is 2.45. The Morgan fingerprint density at radius 3 is 1.46 bits per heavy atom. The van der Waals surface area contributed by atoms with E-state index in [-0.39, 0.29) is 167 Å². The Balaban J connectivity index is 1.18. The van der Waals surface area contributed by atoms with Crippen LogP contribution in [0.15, 0.2) is 40.1 Å². The first-order valence-electron chi connectivity index (χ1n) is 41.5. The van der Waals surface area contributed by atoms with E-state index in [0.717, 1.165) is 0 Å². The topological polar surface area (TPSA) is 656 Å². The minimum atomic E-state index is -1.91. The summed E-state index contributed by atoms with van der Waals surface area (Å²) in [6.45, 7) is 6.48. The molecule has 0 radical (unpaired) electrons. The summed E-state index contributed by atoms with van der Waals surface area (Å²) in [6.07, 6.45) is -3.45. The number of nitrogens with one attached hydrogen (secondary N) is 9. The van der Waals surface area contributed by atoms with Crippen LogP contribution >= 0.6 is 23.5 Å². The predicted molar refractivity (Wildman–Crippen MR) is 446 cm³/mol. The van der Waals surface area contributed by atoms with Gasteiger partial charge in [-0.3, -0.25) is 117 Å². The van der Waals surface area contributed by atoms with Gasteiger partial charge in [-0.15, -0.1) is 23.5 Å². The van der Waals surface area contributed by atoms with Crippen molar-refractivity contribution in [1.82, 2.24) is 77.3 Å². The highest BCUT2D eigenvalue weighted by molar-refractivity contribution is 8.08. The van der Waals surface area contributed by atoms with E-state index >= 15 is 4.79 Å². The number of unbranched alkanes of at least 4 members (excludes halogenated alkanes) is 1. The number of hydrogen-bond acceptors (Lipinski definition) is 30. The summed E-state index contributed by atoms with van der Waals surface area (Å²) in [5.41, 5.74) is 11.6. The lowest BCUT2D eigenvalue weighted by Gasteiger charge is -2.34. The van der Waals surface area contributed by atoms with E-state index in [1.165, 1.54) is 16.7 Å². The number of nitrogens with two attached hydrogens (primary N) is 2. The molecule has 4 heterocycles. The smallest absolute Gasteiger partial charge is 0.317 e. The lowest BCUT2D eigenvalue weighted by atomic mass is 10.0. The third-order valence-electron chi connectivity index (χ3n) is 20.2. The largest absolute Gasteiger partial charge is 0.481 e. The first kappa shape index (κ1) is 105. The van der Waals surface area contributed by atoms with Gasteiger partial charge in [-0.2, -0.15) is 0 Å². The summed E-state index contributed by atoms with van der Waals surface area (Å²) in [4.78, 5) is 245. The number of ether oxygens (including phenoxy) is 3. The number of imide groups is 1. The van der Waals surface area contributed by atoms with Crippen LogP contribution in [0.1, 0.15) is 116 Å². The van der Waals surface area contributed by atoms with Gasteiger partial charge in [0, 0.05) is 129 Å². The third-order valence-corrected chi connectivity index (χ3v) is 22.7. The van der Waals surface area contributed by atoms with E-state index in [4.69, 9.17) is 25.7 Å². The zero-order valence-electron chi connectivity index (χ0n) is 70.3. The highest BCUT2D eigenvalue weighted by Crippen LogP contribution is 2.34. The molecule has 1 aromatic rings. The number of likely N-dealkylation sites (tertiary alicyclic amines) is 2. The van der Waals surface area contributed by atoms with Crippen molar-refractivity contribution in [1.29, 1.82) is 0 Å². The van der Waals surface area contributed by atoms with Gasteiger partial charge in [0.25, 0.3) is 11.8 Å². The van der Waals surface area contributed by atoms with Crippen LogP contribution in [0.3, 0.4) is 0 Å². The molecule has 10 atom stereocenters. The van der Waals surface area contributed by atoms with Gasteiger partial charge in [0.05, 0.1) is 93.4 Å². The Labute approximate surface area is 730 Å². The van der Waals surface area contributed by atoms with E-state index in [9.17, 15) is 117 Å². The van der Waals surface area contributed by atoms with Crippen LogP contribution < -0.4 is 59.3 Å². The van der Waals surface area contributed by atoms with Crippen molar-refractivity contribution in [2.75, 3.05) is 156 Å². The van der Waals surface area contributed by atoms with Gasteiger partial charge in [-0.05, 0) is 63.9 Å². The second-order valence-electron chi connectivity index (χ2n) is 30.3. The number of amides is 13. The fraction of sp³-hybridized carbons (Fsp3) is 0.667. The van der Waals surface area contributed by atoms with Gasteiger partial charge in [-0.25, -0.2) is 0 Å². The molecule has 4 aliphatic rings. The van der Waals surface area contributed by atoms with Crippen LogP contribution in [0, 0.1) is 0 Å². The molecule has 4 aliphatic heterocycles. The van der Waals surface area contributed by atoms with E-state index in [2.05, 4.69) is 47.9 Å². The van der Waals surface area contributed by atoms with Crippen molar-refractivity contribution in [3.05, 3.63) is 45.7 Å². The summed E-state index contributed by atoms with van der Waals surface area (Å²) >= 11 is 1.10. The molecule has 0 aromatic heterocycles. The molecule has 125 heavy (non-hydrogen) atoms. The van der Waals surface area contributed by atoms with Gasteiger partial charge in [0.15, 0.2) is 0 Å². The summed E-state index contributed by atoms with van der Waals surface area (Å²) in [7, 11) is 0. The molecule has 20 N–H and O–H groups in total. The molecule has 698 valence electrons. The van der Waals surface area contributed by atoms with Crippen LogP contribution in [-0.4, -0.2) is 388 Å². The zero-order valence-corrected chi connectivity index (χ0v) is 71.9. The Kier molecular flexibility index (Phi) is 47.9. The number of aliphatic carboxylic acids is 5. The number of carboxylic acids is 5. The van der Waals surface area contributed by atoms with E-state index < -0.39 is 203 Å². The second kappa shape index (κ2) is 56.8. The van der Waals surface area contributed by atoms with Crippen LogP contribution in [-0.2, 0) is 107 Å². The van der Waals surface area contributed by atoms with Crippen molar-refractivity contribution >= 4 is 130 Å². The molecule has 3 fully saturated rings. The van der Waals surface area contributed by atoms with Gasteiger partial charge in [0.1, 0.15) is 42.5 Å². The molecule has 0 saturated carbocycles. The molecule has 0 spiro atoms. The summed E-state index contributed by atoms with van der Waals surface area (Å²) in [5.74, 6) is -18.6. The molecular weight excluding hydrogens is 1690 g/mol. The number of rotatable bonds is 58. The maximum atomic E-state index is 15.2. The predicted octanol–water partition coefficient (Wildman–Crippen LogP) is -6.16. The molecule has 0 bridgehead atoms. The van der Waals surface area contributed by atoms with Gasteiger partial charge in [0.2, 0.25) is 65.0 Å². The number of aliphatic hydroxyl groups excluding tert-OH is 2. The number of nitrogens with zero attached hydrogens (tertiary/aromatic N) is 6. The Bertz CT molecular complexity index is 3820. The third kappa shape index (κ3) is 40.4. The number of carbonyl (C=O) groups excluding carboxylic acids is 13. The first-order chi connectivity index (χ1) is 59.5. The molecule has 1 unspecified atom stereocenters. The first-order valence-corrected chi connectivity index (χ1v) is 43.5. The van der Waals surface area contributed by atoms with Crippen LogP contribution in [0.5, 0.6) is 0 Å². The molecule has 3 saturated heterocycles.